The number of ether oxygens (including phenoxy) is 3. The summed E-state index contributed by atoms with van der Waals surface area (Å²) in [6.07, 6.45) is 1.85. The Labute approximate surface area is 158 Å². The summed E-state index contributed by atoms with van der Waals surface area (Å²) in [4.78, 5) is 12.6. The first kappa shape index (κ1) is 17.9. The number of hydrogen-bond donors (Lipinski definition) is 0. The SMILES string of the molecule is Cc1ccc(OC2CO[C@H]3CN(Cc4nc(C)c(C)s4)C[C@@H]3OC2)cn1. The second-order valence-corrected chi connectivity index (χ2v) is 8.35. The first-order chi connectivity index (χ1) is 12.6. The zero-order valence-electron chi connectivity index (χ0n) is 15.5. The van der Waals surface area contributed by atoms with Crippen LogP contribution >= 0.6 is 11.3 Å². The average Bonchev–Trinajstić information content (AvgIpc) is 3.08. The molecule has 0 aliphatic carbocycles. The number of aryl methyl sites for hydroxylation is 3. The van der Waals surface area contributed by atoms with Crippen LogP contribution in [0.25, 0.3) is 0 Å². The van der Waals surface area contributed by atoms with Gasteiger partial charge in [-0.3, -0.25) is 9.88 Å². The van der Waals surface area contributed by atoms with Crippen molar-refractivity contribution >= 4 is 11.3 Å². The predicted molar refractivity (Wildman–Crippen MR) is 99.7 cm³/mol. The Kier molecular flexibility index (Phi) is 5.22. The third kappa shape index (κ3) is 4.06. The van der Waals surface area contributed by atoms with Gasteiger partial charge in [0.25, 0.3) is 0 Å². The van der Waals surface area contributed by atoms with Crippen molar-refractivity contribution in [2.24, 2.45) is 0 Å². The second-order valence-electron chi connectivity index (χ2n) is 7.06. The van der Waals surface area contributed by atoms with Gasteiger partial charge in [0.15, 0.2) is 0 Å². The van der Waals surface area contributed by atoms with Gasteiger partial charge in [-0.2, -0.15) is 0 Å². The molecule has 0 radical (unpaired) electrons. The van der Waals surface area contributed by atoms with Gasteiger partial charge in [0.2, 0.25) is 0 Å². The van der Waals surface area contributed by atoms with Crippen molar-refractivity contribution in [3.8, 4) is 5.75 Å². The summed E-state index contributed by atoms with van der Waals surface area (Å²) in [5.74, 6) is 0.760. The van der Waals surface area contributed by atoms with Gasteiger partial charge in [-0.25, -0.2) is 4.98 Å². The minimum atomic E-state index is -0.0946. The summed E-state index contributed by atoms with van der Waals surface area (Å²) in [5.41, 5.74) is 2.11. The first-order valence-corrected chi connectivity index (χ1v) is 9.86. The van der Waals surface area contributed by atoms with Crippen LogP contribution in [0.4, 0.5) is 0 Å². The molecule has 140 valence electrons. The van der Waals surface area contributed by atoms with Crippen LogP contribution in [0.5, 0.6) is 5.75 Å². The number of rotatable bonds is 4. The van der Waals surface area contributed by atoms with E-state index in [1.54, 1.807) is 17.5 Å². The average molecular weight is 375 g/mol. The maximum Gasteiger partial charge on any atom is 0.145 e. The van der Waals surface area contributed by atoms with Gasteiger partial charge < -0.3 is 14.2 Å². The van der Waals surface area contributed by atoms with Crippen LogP contribution in [0.1, 0.15) is 21.3 Å². The Morgan fingerprint density at radius 3 is 2.46 bits per heavy atom. The molecule has 2 fully saturated rings. The molecule has 4 heterocycles. The normalized spacial score (nSPS) is 24.4. The minimum Gasteiger partial charge on any atom is -0.484 e. The molecule has 6 nitrogen and oxygen atoms in total. The fourth-order valence-electron chi connectivity index (χ4n) is 3.36. The topological polar surface area (TPSA) is 56.7 Å². The molecule has 0 amide bonds. The van der Waals surface area contributed by atoms with E-state index >= 15 is 0 Å². The molecule has 0 saturated carbocycles. The lowest BCUT2D eigenvalue weighted by Gasteiger charge is -2.18. The number of thiazole rings is 1. The third-order valence-corrected chi connectivity index (χ3v) is 5.96. The van der Waals surface area contributed by atoms with Crippen molar-refractivity contribution < 1.29 is 14.2 Å². The molecule has 0 bridgehead atoms. The Bertz CT molecular complexity index is 713. The molecule has 2 aliphatic heterocycles. The molecule has 2 aromatic heterocycles. The Morgan fingerprint density at radius 2 is 1.88 bits per heavy atom. The summed E-state index contributed by atoms with van der Waals surface area (Å²) in [7, 11) is 0. The standard InChI is InChI=1S/C19H25N3O3S/c1-12-4-5-15(6-20-12)25-16-10-23-17-7-22(8-18(17)24-11-16)9-19-21-13(2)14(3)26-19/h4-6,16-18H,7-11H2,1-3H3/t17-,18-/m0/s1. The minimum absolute atomic E-state index is 0.0946. The maximum absolute atomic E-state index is 6.10. The Morgan fingerprint density at radius 1 is 1.15 bits per heavy atom. The molecule has 0 unspecified atom stereocenters. The summed E-state index contributed by atoms with van der Waals surface area (Å²) >= 11 is 1.78. The van der Waals surface area contributed by atoms with E-state index in [1.165, 1.54) is 9.88 Å². The van der Waals surface area contributed by atoms with Crippen molar-refractivity contribution in [2.75, 3.05) is 26.3 Å². The van der Waals surface area contributed by atoms with E-state index in [2.05, 4.69) is 28.7 Å². The van der Waals surface area contributed by atoms with Gasteiger partial charge in [0.05, 0.1) is 43.9 Å². The molecule has 2 aliphatic rings. The number of fused-ring (bicyclic) bond motifs is 1. The first-order valence-electron chi connectivity index (χ1n) is 9.04. The summed E-state index contributed by atoms with van der Waals surface area (Å²) in [6.45, 7) is 9.86. The highest BCUT2D eigenvalue weighted by atomic mass is 32.1. The number of nitrogens with zero attached hydrogens (tertiary/aromatic N) is 3. The van der Waals surface area contributed by atoms with Crippen LogP contribution in [0.2, 0.25) is 0 Å². The third-order valence-electron chi connectivity index (χ3n) is 4.90. The lowest BCUT2D eigenvalue weighted by Crippen LogP contribution is -2.29. The zero-order valence-corrected chi connectivity index (χ0v) is 16.3. The quantitative estimate of drug-likeness (QED) is 0.818. The number of pyridine rings is 1. The number of hydrogen-bond acceptors (Lipinski definition) is 7. The molecule has 26 heavy (non-hydrogen) atoms. The number of likely N-dealkylation sites (tertiary alicyclic amines) is 1. The van der Waals surface area contributed by atoms with Gasteiger partial charge in [-0.1, -0.05) is 0 Å². The highest BCUT2D eigenvalue weighted by Gasteiger charge is 2.38. The van der Waals surface area contributed by atoms with Gasteiger partial charge in [0.1, 0.15) is 16.9 Å². The largest absolute Gasteiger partial charge is 0.484 e. The molecular formula is C19H25N3O3S. The van der Waals surface area contributed by atoms with E-state index in [-0.39, 0.29) is 18.3 Å². The molecule has 7 heteroatoms. The van der Waals surface area contributed by atoms with E-state index in [0.717, 1.165) is 36.8 Å². The van der Waals surface area contributed by atoms with Crippen LogP contribution in [0, 0.1) is 20.8 Å². The van der Waals surface area contributed by atoms with Gasteiger partial charge in [-0.15, -0.1) is 11.3 Å². The van der Waals surface area contributed by atoms with Gasteiger partial charge >= 0.3 is 0 Å². The Balaban J connectivity index is 1.30. The smallest absolute Gasteiger partial charge is 0.145 e. The summed E-state index contributed by atoms with van der Waals surface area (Å²) in [5, 5.41) is 1.17. The monoisotopic (exact) mass is 375 g/mol. The molecule has 2 saturated heterocycles. The van der Waals surface area contributed by atoms with Gasteiger partial charge in [-0.05, 0) is 32.9 Å². The van der Waals surface area contributed by atoms with E-state index in [1.807, 2.05) is 19.1 Å². The number of aromatic nitrogens is 2. The van der Waals surface area contributed by atoms with Crippen LogP contribution in [0.15, 0.2) is 18.3 Å². The lowest BCUT2D eigenvalue weighted by atomic mass is 10.3. The van der Waals surface area contributed by atoms with Crippen LogP contribution in [-0.4, -0.2) is 59.5 Å². The molecule has 2 aromatic rings. The van der Waals surface area contributed by atoms with Crippen LogP contribution in [-0.2, 0) is 16.0 Å². The molecule has 0 spiro atoms. The fraction of sp³-hybridized carbons (Fsp3) is 0.579. The fourth-order valence-corrected chi connectivity index (χ4v) is 4.34. The van der Waals surface area contributed by atoms with Crippen molar-refractivity contribution in [1.29, 1.82) is 0 Å². The van der Waals surface area contributed by atoms with Crippen LogP contribution < -0.4 is 4.74 Å². The molecule has 4 rings (SSSR count). The molecule has 0 aromatic carbocycles. The molecule has 0 N–H and O–H groups in total. The lowest BCUT2D eigenvalue weighted by molar-refractivity contribution is -0.00461. The van der Waals surface area contributed by atoms with E-state index in [0.29, 0.717) is 13.2 Å². The van der Waals surface area contributed by atoms with E-state index < -0.39 is 0 Å². The van der Waals surface area contributed by atoms with Crippen molar-refractivity contribution in [1.82, 2.24) is 14.9 Å². The van der Waals surface area contributed by atoms with E-state index in [4.69, 9.17) is 14.2 Å². The Hall–Kier alpha value is -1.54. The van der Waals surface area contributed by atoms with Crippen molar-refractivity contribution in [3.05, 3.63) is 39.6 Å². The van der Waals surface area contributed by atoms with Crippen molar-refractivity contribution in [2.45, 2.75) is 45.6 Å². The molecular weight excluding hydrogens is 350 g/mol. The summed E-state index contributed by atoms with van der Waals surface area (Å²) in [6, 6.07) is 3.89. The predicted octanol–water partition coefficient (Wildman–Crippen LogP) is 2.51. The molecule has 2 atom stereocenters. The highest BCUT2D eigenvalue weighted by Crippen LogP contribution is 2.25. The van der Waals surface area contributed by atoms with Gasteiger partial charge in [0, 0.05) is 23.7 Å². The zero-order chi connectivity index (χ0) is 18.1. The highest BCUT2D eigenvalue weighted by molar-refractivity contribution is 7.11. The van der Waals surface area contributed by atoms with E-state index in [9.17, 15) is 0 Å². The second kappa shape index (κ2) is 7.60. The van der Waals surface area contributed by atoms with Crippen molar-refractivity contribution in [3.63, 3.8) is 0 Å². The maximum atomic E-state index is 6.10. The van der Waals surface area contributed by atoms with Crippen LogP contribution in [0.3, 0.4) is 0 Å². The summed E-state index contributed by atoms with van der Waals surface area (Å²) < 4.78 is 18.2.